The number of fused-ring (bicyclic) bond motifs is 1. The largest absolute Gasteiger partial charge is 0.419 e. The van der Waals surface area contributed by atoms with Crippen LogP contribution < -0.4 is 11.1 Å². The third kappa shape index (κ3) is 4.33. The van der Waals surface area contributed by atoms with Gasteiger partial charge in [0.15, 0.2) is 5.58 Å². The van der Waals surface area contributed by atoms with E-state index in [0.29, 0.717) is 30.0 Å². The highest BCUT2D eigenvalue weighted by Gasteiger charge is 2.20. The molecule has 2 heterocycles. The van der Waals surface area contributed by atoms with Crippen LogP contribution in [0.25, 0.3) is 11.1 Å². The van der Waals surface area contributed by atoms with Crippen molar-refractivity contribution in [1.82, 2.24) is 14.8 Å². The number of nitrogens with one attached hydrogen (secondary N) is 1. The normalized spacial score (nSPS) is 17.4. The van der Waals surface area contributed by atoms with Gasteiger partial charge in [-0.2, -0.15) is 0 Å². The summed E-state index contributed by atoms with van der Waals surface area (Å²) in [5.41, 5.74) is 1.19. The maximum atomic E-state index is 12.2. The molecule has 0 radical (unpaired) electrons. The monoisotopic (exact) mass is 359 g/mol. The first-order chi connectivity index (χ1) is 12.5. The van der Waals surface area contributed by atoms with Crippen molar-refractivity contribution in [1.29, 1.82) is 0 Å². The van der Waals surface area contributed by atoms with Crippen molar-refractivity contribution >= 4 is 22.9 Å². The van der Waals surface area contributed by atoms with E-state index in [-0.39, 0.29) is 24.8 Å². The Bertz CT molecular complexity index is 839. The van der Waals surface area contributed by atoms with Gasteiger partial charge in [-0.15, -0.1) is 0 Å². The second-order valence-corrected chi connectivity index (χ2v) is 6.92. The summed E-state index contributed by atoms with van der Waals surface area (Å²) < 4.78 is 6.60. The Labute approximate surface area is 152 Å². The maximum absolute atomic E-state index is 12.2. The standard InChI is InChI=1S/C19H25N3O4/c1-14-5-4-11-21(13-14)18(24)8-10-20-17(23)9-12-22-15-6-2-3-7-16(15)26-19(22)25/h2-3,6-7,14H,4-5,8-13H2,1H3,(H,20,23). The molecule has 0 aliphatic carbocycles. The van der Waals surface area contributed by atoms with E-state index in [4.69, 9.17) is 4.42 Å². The minimum atomic E-state index is -0.464. The van der Waals surface area contributed by atoms with Crippen LogP contribution in [0.5, 0.6) is 0 Å². The number of carbonyl (C=O) groups is 2. The van der Waals surface area contributed by atoms with Crippen LogP contribution in [-0.2, 0) is 16.1 Å². The number of benzene rings is 1. The third-order valence-corrected chi connectivity index (χ3v) is 4.81. The van der Waals surface area contributed by atoms with Crippen LogP contribution >= 0.6 is 0 Å². The molecule has 7 nitrogen and oxygen atoms in total. The predicted molar refractivity (Wildman–Crippen MR) is 97.7 cm³/mol. The molecule has 1 fully saturated rings. The molecule has 1 aliphatic rings. The Morgan fingerprint density at radius 2 is 2.08 bits per heavy atom. The summed E-state index contributed by atoms with van der Waals surface area (Å²) in [6.45, 7) is 4.35. The smallest absolute Gasteiger partial charge is 0.408 e. The van der Waals surface area contributed by atoms with Crippen molar-refractivity contribution in [3.63, 3.8) is 0 Å². The zero-order valence-corrected chi connectivity index (χ0v) is 15.1. The number of para-hydroxylation sites is 2. The molecule has 7 heteroatoms. The van der Waals surface area contributed by atoms with Gasteiger partial charge >= 0.3 is 5.76 Å². The van der Waals surface area contributed by atoms with E-state index in [9.17, 15) is 14.4 Å². The summed E-state index contributed by atoms with van der Waals surface area (Å²) in [6.07, 6.45) is 2.70. The highest BCUT2D eigenvalue weighted by atomic mass is 16.4. The first-order valence-electron chi connectivity index (χ1n) is 9.17. The molecular weight excluding hydrogens is 334 g/mol. The third-order valence-electron chi connectivity index (χ3n) is 4.81. The summed E-state index contributed by atoms with van der Waals surface area (Å²) >= 11 is 0. The van der Waals surface area contributed by atoms with Crippen LogP contribution in [0, 0.1) is 5.92 Å². The summed E-state index contributed by atoms with van der Waals surface area (Å²) in [7, 11) is 0. The Balaban J connectivity index is 1.43. The van der Waals surface area contributed by atoms with Crippen LogP contribution in [0.3, 0.4) is 0 Å². The van der Waals surface area contributed by atoms with Crippen molar-refractivity contribution in [2.24, 2.45) is 5.92 Å². The number of aryl methyl sites for hydroxylation is 1. The number of oxazole rings is 1. The molecule has 1 unspecified atom stereocenters. The van der Waals surface area contributed by atoms with Gasteiger partial charge < -0.3 is 14.6 Å². The molecule has 1 aliphatic heterocycles. The first-order valence-corrected chi connectivity index (χ1v) is 9.17. The summed E-state index contributed by atoms with van der Waals surface area (Å²) in [5, 5.41) is 2.76. The number of hydrogen-bond donors (Lipinski definition) is 1. The summed E-state index contributed by atoms with van der Waals surface area (Å²) in [6, 6.07) is 7.13. The van der Waals surface area contributed by atoms with Crippen LogP contribution in [0.4, 0.5) is 0 Å². The topological polar surface area (TPSA) is 84.5 Å². The summed E-state index contributed by atoms with van der Waals surface area (Å²) in [4.78, 5) is 37.9. The fourth-order valence-electron chi connectivity index (χ4n) is 3.41. The van der Waals surface area contributed by atoms with Gasteiger partial charge in [0.1, 0.15) is 0 Å². The van der Waals surface area contributed by atoms with Crippen LogP contribution in [0.2, 0.25) is 0 Å². The second kappa shape index (κ2) is 8.21. The van der Waals surface area contributed by atoms with Gasteiger partial charge in [-0.3, -0.25) is 14.2 Å². The zero-order chi connectivity index (χ0) is 18.5. The number of rotatable bonds is 6. The van der Waals surface area contributed by atoms with Gasteiger partial charge in [0.2, 0.25) is 11.8 Å². The number of carbonyl (C=O) groups excluding carboxylic acids is 2. The van der Waals surface area contributed by atoms with Crippen LogP contribution in [0.1, 0.15) is 32.6 Å². The van der Waals surface area contributed by atoms with E-state index in [1.165, 1.54) is 11.0 Å². The molecule has 0 saturated carbocycles. The van der Waals surface area contributed by atoms with Crippen LogP contribution in [-0.4, -0.2) is 40.9 Å². The highest BCUT2D eigenvalue weighted by Crippen LogP contribution is 2.16. The molecule has 1 aromatic carbocycles. The Kier molecular flexibility index (Phi) is 5.75. The SMILES string of the molecule is CC1CCCN(C(=O)CCNC(=O)CCn2c(=O)oc3ccccc32)C1. The number of piperidine rings is 1. The lowest BCUT2D eigenvalue weighted by molar-refractivity contribution is -0.132. The number of hydrogen-bond acceptors (Lipinski definition) is 4. The van der Waals surface area contributed by atoms with E-state index in [1.54, 1.807) is 18.2 Å². The van der Waals surface area contributed by atoms with E-state index < -0.39 is 5.76 Å². The van der Waals surface area contributed by atoms with Crippen molar-refractivity contribution in [3.05, 3.63) is 34.8 Å². The lowest BCUT2D eigenvalue weighted by Crippen LogP contribution is -2.40. The minimum absolute atomic E-state index is 0.0916. The van der Waals surface area contributed by atoms with Crippen molar-refractivity contribution < 1.29 is 14.0 Å². The Hall–Kier alpha value is -2.57. The van der Waals surface area contributed by atoms with Crippen LogP contribution in [0.15, 0.2) is 33.5 Å². The molecule has 2 aromatic rings. The summed E-state index contributed by atoms with van der Waals surface area (Å²) in [5.74, 6) is -0.00493. The Morgan fingerprint density at radius 3 is 2.88 bits per heavy atom. The lowest BCUT2D eigenvalue weighted by Gasteiger charge is -2.31. The van der Waals surface area contributed by atoms with Gasteiger partial charge in [-0.25, -0.2) is 4.79 Å². The maximum Gasteiger partial charge on any atom is 0.419 e. The van der Waals surface area contributed by atoms with E-state index in [1.807, 2.05) is 11.0 Å². The fraction of sp³-hybridized carbons (Fsp3) is 0.526. The van der Waals surface area contributed by atoms with Crippen molar-refractivity contribution in [3.8, 4) is 0 Å². The number of amides is 2. The van der Waals surface area contributed by atoms with E-state index >= 15 is 0 Å². The Morgan fingerprint density at radius 1 is 1.27 bits per heavy atom. The van der Waals surface area contributed by atoms with E-state index in [2.05, 4.69) is 12.2 Å². The lowest BCUT2D eigenvalue weighted by atomic mass is 10.00. The quantitative estimate of drug-likeness (QED) is 0.852. The second-order valence-electron chi connectivity index (χ2n) is 6.92. The molecule has 1 N–H and O–H groups in total. The molecular formula is C19H25N3O4. The average Bonchev–Trinajstić information content (AvgIpc) is 2.95. The average molecular weight is 359 g/mol. The predicted octanol–water partition coefficient (Wildman–Crippen LogP) is 1.75. The number of nitrogens with zero attached hydrogens (tertiary/aromatic N) is 2. The van der Waals surface area contributed by atoms with Gasteiger partial charge in [0, 0.05) is 39.0 Å². The van der Waals surface area contributed by atoms with Crippen molar-refractivity contribution in [2.45, 2.75) is 39.2 Å². The first kappa shape index (κ1) is 18.2. The van der Waals surface area contributed by atoms with Gasteiger partial charge in [-0.1, -0.05) is 19.1 Å². The van der Waals surface area contributed by atoms with Gasteiger partial charge in [-0.05, 0) is 30.9 Å². The molecule has 0 spiro atoms. The van der Waals surface area contributed by atoms with Crippen molar-refractivity contribution in [2.75, 3.05) is 19.6 Å². The number of likely N-dealkylation sites (tertiary alicyclic amines) is 1. The minimum Gasteiger partial charge on any atom is -0.408 e. The molecule has 1 atom stereocenters. The molecule has 2 amide bonds. The molecule has 26 heavy (non-hydrogen) atoms. The van der Waals surface area contributed by atoms with Gasteiger partial charge in [0.05, 0.1) is 5.52 Å². The fourth-order valence-corrected chi connectivity index (χ4v) is 3.41. The molecule has 1 saturated heterocycles. The molecule has 0 bridgehead atoms. The molecule has 3 rings (SSSR count). The highest BCUT2D eigenvalue weighted by molar-refractivity contribution is 5.79. The number of aromatic nitrogens is 1. The zero-order valence-electron chi connectivity index (χ0n) is 15.1. The van der Waals surface area contributed by atoms with E-state index in [0.717, 1.165) is 19.5 Å². The van der Waals surface area contributed by atoms with Gasteiger partial charge in [0.25, 0.3) is 0 Å². The molecule has 140 valence electrons. The molecule has 1 aromatic heterocycles.